The number of nitrogens with zero attached hydrogens (tertiary/aromatic N) is 4. The number of aromatic nitrogens is 3. The molecule has 39 heavy (non-hydrogen) atoms. The number of nitrogens with one attached hydrogen (secondary N) is 1. The fourth-order valence-electron chi connectivity index (χ4n) is 4.36. The van der Waals surface area contributed by atoms with Crippen LogP contribution in [0.2, 0.25) is 0 Å². The second-order valence-electron chi connectivity index (χ2n) is 8.75. The summed E-state index contributed by atoms with van der Waals surface area (Å²) in [6, 6.07) is 23.3. The first kappa shape index (κ1) is 26.6. The van der Waals surface area contributed by atoms with Gasteiger partial charge in [-0.25, -0.2) is 0 Å². The maximum Gasteiger partial charge on any atom is 0.234 e. The van der Waals surface area contributed by atoms with Gasteiger partial charge in [0.1, 0.15) is 11.5 Å². The average Bonchev–Trinajstić information content (AvgIpc) is 3.41. The van der Waals surface area contributed by atoms with Crippen LogP contribution in [-0.2, 0) is 9.53 Å². The number of thioether (sulfide) groups is 1. The summed E-state index contributed by atoms with van der Waals surface area (Å²) >= 11 is 1.32. The van der Waals surface area contributed by atoms with Gasteiger partial charge in [-0.3, -0.25) is 9.36 Å². The van der Waals surface area contributed by atoms with Crippen molar-refractivity contribution in [2.75, 3.05) is 56.0 Å². The van der Waals surface area contributed by atoms with E-state index in [1.54, 1.807) is 7.11 Å². The van der Waals surface area contributed by atoms with Crippen LogP contribution in [0.4, 0.5) is 11.4 Å². The fraction of sp³-hybridized carbons (Fsp3) is 0.276. The van der Waals surface area contributed by atoms with Gasteiger partial charge >= 0.3 is 0 Å². The van der Waals surface area contributed by atoms with Gasteiger partial charge in [0.05, 0.1) is 43.9 Å². The highest BCUT2D eigenvalue weighted by Gasteiger charge is 2.20. The lowest BCUT2D eigenvalue weighted by Gasteiger charge is -2.28. The minimum absolute atomic E-state index is 0.126. The normalized spacial score (nSPS) is 13.2. The van der Waals surface area contributed by atoms with Crippen LogP contribution in [0, 0.1) is 0 Å². The minimum atomic E-state index is -0.126. The molecule has 1 aliphatic heterocycles. The third-order valence-corrected chi connectivity index (χ3v) is 7.18. The number of hydrogen-bond donors (Lipinski definition) is 1. The van der Waals surface area contributed by atoms with Crippen LogP contribution in [0.3, 0.4) is 0 Å². The molecule has 1 N–H and O–H groups in total. The number of rotatable bonds is 10. The molecule has 4 aromatic rings. The first-order chi connectivity index (χ1) is 19.2. The molecule has 0 saturated carbocycles. The van der Waals surface area contributed by atoms with Crippen LogP contribution in [-0.4, -0.2) is 66.4 Å². The second-order valence-corrected chi connectivity index (χ2v) is 9.69. The lowest BCUT2D eigenvalue weighted by molar-refractivity contribution is -0.113. The van der Waals surface area contributed by atoms with Gasteiger partial charge in [-0.05, 0) is 67.6 Å². The Labute approximate surface area is 232 Å². The monoisotopic (exact) mass is 545 g/mol. The summed E-state index contributed by atoms with van der Waals surface area (Å²) in [5, 5.41) is 12.5. The highest BCUT2D eigenvalue weighted by Crippen LogP contribution is 2.33. The first-order valence-electron chi connectivity index (χ1n) is 12.8. The first-order valence-corrected chi connectivity index (χ1v) is 13.8. The van der Waals surface area contributed by atoms with Gasteiger partial charge in [0, 0.05) is 24.5 Å². The van der Waals surface area contributed by atoms with Crippen LogP contribution >= 0.6 is 11.8 Å². The lowest BCUT2D eigenvalue weighted by atomic mass is 10.2. The Kier molecular flexibility index (Phi) is 8.65. The van der Waals surface area contributed by atoms with Crippen molar-refractivity contribution >= 4 is 29.0 Å². The molecule has 1 aliphatic rings. The maximum atomic E-state index is 12.9. The molecule has 1 amide bonds. The predicted molar refractivity (Wildman–Crippen MR) is 153 cm³/mol. The van der Waals surface area contributed by atoms with Gasteiger partial charge in [0.2, 0.25) is 5.91 Å². The van der Waals surface area contributed by atoms with E-state index in [1.165, 1.54) is 11.8 Å². The topological polar surface area (TPSA) is 90.7 Å². The van der Waals surface area contributed by atoms with Crippen molar-refractivity contribution < 1.29 is 19.0 Å². The smallest absolute Gasteiger partial charge is 0.234 e. The molecule has 1 fully saturated rings. The molecular formula is C29H31N5O4S. The van der Waals surface area contributed by atoms with Crippen molar-refractivity contribution in [1.29, 1.82) is 0 Å². The number of amides is 1. The highest BCUT2D eigenvalue weighted by molar-refractivity contribution is 7.99. The van der Waals surface area contributed by atoms with E-state index in [0.717, 1.165) is 54.7 Å². The van der Waals surface area contributed by atoms with E-state index < -0.39 is 0 Å². The van der Waals surface area contributed by atoms with E-state index in [0.29, 0.717) is 23.3 Å². The number of anilines is 2. The quantitative estimate of drug-likeness (QED) is 0.281. The molecule has 0 spiro atoms. The molecular weight excluding hydrogens is 514 g/mol. The van der Waals surface area contributed by atoms with Gasteiger partial charge in [0.15, 0.2) is 11.0 Å². The molecule has 9 nitrogen and oxygen atoms in total. The van der Waals surface area contributed by atoms with Crippen molar-refractivity contribution in [3.05, 3.63) is 72.8 Å². The Morgan fingerprint density at radius 1 is 0.974 bits per heavy atom. The minimum Gasteiger partial charge on any atom is -0.496 e. The number of para-hydroxylation sites is 1. The zero-order valence-electron chi connectivity index (χ0n) is 22.0. The van der Waals surface area contributed by atoms with Crippen LogP contribution in [0.1, 0.15) is 6.92 Å². The Hall–Kier alpha value is -4.02. The Morgan fingerprint density at radius 3 is 2.41 bits per heavy atom. The van der Waals surface area contributed by atoms with Crippen molar-refractivity contribution in [3.63, 3.8) is 0 Å². The number of carbonyl (C=O) groups is 1. The van der Waals surface area contributed by atoms with E-state index in [9.17, 15) is 4.79 Å². The maximum absolute atomic E-state index is 12.9. The predicted octanol–water partition coefficient (Wildman–Crippen LogP) is 4.91. The van der Waals surface area contributed by atoms with Crippen molar-refractivity contribution in [2.45, 2.75) is 12.1 Å². The Bertz CT molecular complexity index is 1390. The summed E-state index contributed by atoms with van der Waals surface area (Å²) in [6.45, 7) is 5.74. The summed E-state index contributed by atoms with van der Waals surface area (Å²) in [7, 11) is 1.63. The second kappa shape index (κ2) is 12.7. The van der Waals surface area contributed by atoms with Gasteiger partial charge in [0.25, 0.3) is 0 Å². The molecule has 1 aromatic heterocycles. The van der Waals surface area contributed by atoms with Gasteiger partial charge in [-0.2, -0.15) is 0 Å². The third kappa shape index (κ3) is 6.35. The average molecular weight is 546 g/mol. The molecule has 0 aliphatic carbocycles. The summed E-state index contributed by atoms with van der Waals surface area (Å²) in [6.07, 6.45) is 0. The number of morpholine rings is 1. The SMILES string of the molecule is CCOc1ccc(-n2c(SCC(=O)Nc3ccc(N4CCOCC4)cc3)nnc2-c2ccccc2OC)cc1. The zero-order chi connectivity index (χ0) is 27.0. The molecule has 0 bridgehead atoms. The van der Waals surface area contributed by atoms with E-state index in [4.69, 9.17) is 14.2 Å². The zero-order valence-corrected chi connectivity index (χ0v) is 22.8. The van der Waals surface area contributed by atoms with Crippen molar-refractivity contribution in [1.82, 2.24) is 14.8 Å². The van der Waals surface area contributed by atoms with E-state index in [2.05, 4.69) is 20.4 Å². The molecule has 3 aromatic carbocycles. The molecule has 2 heterocycles. The van der Waals surface area contributed by atoms with Crippen LogP contribution < -0.4 is 19.7 Å². The molecule has 202 valence electrons. The number of hydrogen-bond acceptors (Lipinski definition) is 8. The van der Waals surface area contributed by atoms with Crippen molar-refractivity contribution in [3.8, 4) is 28.6 Å². The molecule has 0 radical (unpaired) electrons. The standard InChI is InChI=1S/C29H31N5O4S/c1-3-38-24-14-12-23(13-15-24)34-28(25-6-4-5-7-26(25)36-2)31-32-29(34)39-20-27(35)30-21-8-10-22(11-9-21)33-16-18-37-19-17-33/h4-15H,3,16-20H2,1-2H3,(H,30,35). The third-order valence-electron chi connectivity index (χ3n) is 6.25. The van der Waals surface area contributed by atoms with Gasteiger partial charge in [-0.15, -0.1) is 10.2 Å². The molecule has 0 unspecified atom stereocenters. The fourth-order valence-corrected chi connectivity index (χ4v) is 5.11. The van der Waals surface area contributed by atoms with E-state index >= 15 is 0 Å². The van der Waals surface area contributed by atoms with Gasteiger partial charge in [-0.1, -0.05) is 23.9 Å². The number of ether oxygens (including phenoxy) is 3. The molecule has 0 atom stereocenters. The summed E-state index contributed by atoms with van der Waals surface area (Å²) in [4.78, 5) is 15.1. The van der Waals surface area contributed by atoms with Crippen molar-refractivity contribution in [2.24, 2.45) is 0 Å². The molecule has 10 heteroatoms. The van der Waals surface area contributed by atoms with E-state index in [1.807, 2.05) is 84.3 Å². The Morgan fingerprint density at radius 2 is 1.69 bits per heavy atom. The van der Waals surface area contributed by atoms with Crippen LogP contribution in [0.5, 0.6) is 11.5 Å². The lowest BCUT2D eigenvalue weighted by Crippen LogP contribution is -2.36. The molecule has 5 rings (SSSR count). The summed E-state index contributed by atoms with van der Waals surface area (Å²) in [5.41, 5.74) is 3.53. The molecule has 1 saturated heterocycles. The van der Waals surface area contributed by atoms with Gasteiger partial charge < -0.3 is 24.4 Å². The number of benzene rings is 3. The van der Waals surface area contributed by atoms with Crippen LogP contribution in [0.15, 0.2) is 78.0 Å². The Balaban J connectivity index is 1.33. The highest BCUT2D eigenvalue weighted by atomic mass is 32.2. The van der Waals surface area contributed by atoms with Crippen LogP contribution in [0.25, 0.3) is 17.1 Å². The number of methoxy groups -OCH3 is 1. The summed E-state index contributed by atoms with van der Waals surface area (Å²) in [5.74, 6) is 2.14. The largest absolute Gasteiger partial charge is 0.496 e. The van der Waals surface area contributed by atoms with E-state index in [-0.39, 0.29) is 11.7 Å². The summed E-state index contributed by atoms with van der Waals surface area (Å²) < 4.78 is 18.6. The number of carbonyl (C=O) groups excluding carboxylic acids is 1.